The molecule has 1 aliphatic rings. The number of halogens is 3. The van der Waals surface area contributed by atoms with Crippen LogP contribution >= 0.6 is 23.2 Å². The fourth-order valence-electron chi connectivity index (χ4n) is 4.01. The molecule has 1 saturated heterocycles. The molecule has 1 aliphatic heterocycles. The van der Waals surface area contributed by atoms with Crippen LogP contribution in [0.5, 0.6) is 0 Å². The van der Waals surface area contributed by atoms with Gasteiger partial charge in [-0.25, -0.2) is 17.6 Å². The number of benzene rings is 2. The average Bonchev–Trinajstić information content (AvgIpc) is 2.81. The number of hydrogen-bond acceptors (Lipinski definition) is 5. The third-order valence-corrected chi connectivity index (χ3v) is 8.46. The summed E-state index contributed by atoms with van der Waals surface area (Å²) in [4.78, 5) is 25.7. The van der Waals surface area contributed by atoms with Gasteiger partial charge < -0.3 is 14.6 Å². The molecule has 1 N–H and O–H groups in total. The molecule has 0 bridgehead atoms. The number of carboxylic acids is 1. The largest absolute Gasteiger partial charge is 0.477 e. The van der Waals surface area contributed by atoms with Crippen molar-refractivity contribution in [2.24, 2.45) is 0 Å². The van der Waals surface area contributed by atoms with Crippen molar-refractivity contribution in [1.29, 1.82) is 0 Å². The molecule has 2 heterocycles. The van der Waals surface area contributed by atoms with Gasteiger partial charge in [-0.3, -0.25) is 4.79 Å². The van der Waals surface area contributed by atoms with Crippen molar-refractivity contribution in [3.63, 3.8) is 0 Å². The van der Waals surface area contributed by atoms with E-state index in [1.165, 1.54) is 34.8 Å². The molecule has 180 valence electrons. The first kappa shape index (κ1) is 24.5. The number of piperazine rings is 1. The van der Waals surface area contributed by atoms with Gasteiger partial charge in [0, 0.05) is 44.3 Å². The van der Waals surface area contributed by atoms with E-state index in [0.29, 0.717) is 12.1 Å². The molecule has 8 nitrogen and oxygen atoms in total. The zero-order valence-corrected chi connectivity index (χ0v) is 20.3. The van der Waals surface area contributed by atoms with Crippen LogP contribution in [-0.2, 0) is 16.6 Å². The maximum atomic E-state index is 15.0. The number of hydrogen-bond donors (Lipinski definition) is 1. The first-order valence-corrected chi connectivity index (χ1v) is 12.5. The molecule has 1 fully saturated rings. The Balaban J connectivity index is 1.64. The summed E-state index contributed by atoms with van der Waals surface area (Å²) in [6.07, 6.45) is 1.25. The zero-order valence-electron chi connectivity index (χ0n) is 18.0. The molecule has 2 aromatic carbocycles. The Morgan fingerprint density at radius 2 is 1.76 bits per heavy atom. The summed E-state index contributed by atoms with van der Waals surface area (Å²) in [5.41, 5.74) is -0.568. The van der Waals surface area contributed by atoms with E-state index in [4.69, 9.17) is 23.2 Å². The van der Waals surface area contributed by atoms with Crippen LogP contribution in [0.25, 0.3) is 10.9 Å². The highest BCUT2D eigenvalue weighted by molar-refractivity contribution is 7.89. The first-order valence-electron chi connectivity index (χ1n) is 10.3. The summed E-state index contributed by atoms with van der Waals surface area (Å²) >= 11 is 11.9. The van der Waals surface area contributed by atoms with Crippen molar-refractivity contribution in [3.05, 3.63) is 68.2 Å². The molecular formula is C22H20Cl2FN3O5S. The summed E-state index contributed by atoms with van der Waals surface area (Å²) in [7, 11) is -3.81. The van der Waals surface area contributed by atoms with Gasteiger partial charge in [-0.15, -0.1) is 0 Å². The van der Waals surface area contributed by atoms with E-state index in [0.717, 1.165) is 6.07 Å². The van der Waals surface area contributed by atoms with Crippen molar-refractivity contribution in [2.45, 2.75) is 18.4 Å². The molecule has 4 rings (SSSR count). The van der Waals surface area contributed by atoms with E-state index in [2.05, 4.69) is 0 Å². The minimum atomic E-state index is -3.81. The van der Waals surface area contributed by atoms with Gasteiger partial charge in [-0.2, -0.15) is 4.31 Å². The molecular weight excluding hydrogens is 508 g/mol. The van der Waals surface area contributed by atoms with E-state index in [1.54, 1.807) is 16.4 Å². The summed E-state index contributed by atoms with van der Waals surface area (Å²) in [5, 5.41) is 9.65. The van der Waals surface area contributed by atoms with Gasteiger partial charge in [0.25, 0.3) is 0 Å². The Kier molecular flexibility index (Phi) is 6.61. The summed E-state index contributed by atoms with van der Waals surface area (Å²) in [5.74, 6) is -2.06. The van der Waals surface area contributed by atoms with Crippen molar-refractivity contribution < 1.29 is 22.7 Å². The van der Waals surface area contributed by atoms with Crippen molar-refractivity contribution in [1.82, 2.24) is 8.87 Å². The lowest BCUT2D eigenvalue weighted by Gasteiger charge is -2.35. The quantitative estimate of drug-likeness (QED) is 0.543. The SMILES string of the molecule is CCn1cc(C(=O)O)c(=O)c2cc(F)c(N3CCN(S(=O)(=O)c4ccc(Cl)c(Cl)c4)CC3)cc21. The fraction of sp³-hybridized carbons (Fsp3) is 0.273. The fourth-order valence-corrected chi connectivity index (χ4v) is 5.82. The molecule has 0 radical (unpaired) electrons. The molecule has 1 aromatic heterocycles. The Morgan fingerprint density at radius 3 is 2.35 bits per heavy atom. The lowest BCUT2D eigenvalue weighted by atomic mass is 10.1. The third-order valence-electron chi connectivity index (χ3n) is 5.83. The summed E-state index contributed by atoms with van der Waals surface area (Å²) in [6.45, 7) is 2.80. The van der Waals surface area contributed by atoms with Crippen molar-refractivity contribution in [3.8, 4) is 0 Å². The van der Waals surface area contributed by atoms with Gasteiger partial charge >= 0.3 is 5.97 Å². The summed E-state index contributed by atoms with van der Waals surface area (Å²) < 4.78 is 43.9. The van der Waals surface area contributed by atoms with Crippen LogP contribution in [0.15, 0.2) is 46.2 Å². The van der Waals surface area contributed by atoms with Crippen LogP contribution in [0.4, 0.5) is 10.1 Å². The molecule has 0 aliphatic carbocycles. The molecule has 0 amide bonds. The van der Waals surface area contributed by atoms with E-state index in [1.807, 2.05) is 0 Å². The number of fused-ring (bicyclic) bond motifs is 1. The number of aromatic carboxylic acids is 1. The second-order valence-corrected chi connectivity index (χ2v) is 10.5. The Labute approximate surface area is 204 Å². The van der Waals surface area contributed by atoms with Crippen LogP contribution in [0.2, 0.25) is 10.0 Å². The van der Waals surface area contributed by atoms with Crippen LogP contribution < -0.4 is 10.3 Å². The number of nitrogens with zero attached hydrogens (tertiary/aromatic N) is 3. The second kappa shape index (κ2) is 9.18. The number of aryl methyl sites for hydroxylation is 1. The van der Waals surface area contributed by atoms with E-state index >= 15 is 4.39 Å². The molecule has 12 heteroatoms. The smallest absolute Gasteiger partial charge is 0.341 e. The number of pyridine rings is 1. The molecule has 0 saturated carbocycles. The van der Waals surface area contributed by atoms with Crippen LogP contribution in [0, 0.1) is 5.82 Å². The Hall–Kier alpha value is -2.66. The number of carboxylic acid groups (broad SMARTS) is 1. The van der Waals surface area contributed by atoms with Gasteiger partial charge in [-0.05, 0) is 37.3 Å². The first-order chi connectivity index (χ1) is 16.0. The molecule has 34 heavy (non-hydrogen) atoms. The minimum Gasteiger partial charge on any atom is -0.477 e. The van der Waals surface area contributed by atoms with Gasteiger partial charge in [0.2, 0.25) is 15.5 Å². The zero-order chi connectivity index (χ0) is 24.8. The minimum absolute atomic E-state index is 0.0217. The number of anilines is 1. The second-order valence-electron chi connectivity index (χ2n) is 7.75. The van der Waals surface area contributed by atoms with Crippen LogP contribution in [0.1, 0.15) is 17.3 Å². The van der Waals surface area contributed by atoms with Gasteiger partial charge in [0.1, 0.15) is 11.4 Å². The van der Waals surface area contributed by atoms with Crippen molar-refractivity contribution in [2.75, 3.05) is 31.1 Å². The highest BCUT2D eigenvalue weighted by Gasteiger charge is 2.30. The Bertz CT molecular complexity index is 1470. The van der Waals surface area contributed by atoms with Crippen LogP contribution in [-0.4, -0.2) is 54.5 Å². The number of rotatable bonds is 5. The van der Waals surface area contributed by atoms with Crippen molar-refractivity contribution >= 4 is 55.8 Å². The standard InChI is InChI=1S/C22H20Cl2FN3O5S/c1-2-26-12-15(22(30)31)21(29)14-10-18(25)20(11-19(14)26)27-5-7-28(8-6-27)34(32,33)13-3-4-16(23)17(24)9-13/h3-4,9-12H,2,5-8H2,1H3,(H,30,31). The average molecular weight is 528 g/mol. The van der Waals surface area contributed by atoms with Crippen LogP contribution in [0.3, 0.4) is 0 Å². The van der Waals surface area contributed by atoms with Gasteiger partial charge in [0.15, 0.2) is 0 Å². The summed E-state index contributed by atoms with van der Waals surface area (Å²) in [6, 6.07) is 6.65. The number of carbonyl (C=O) groups is 1. The third kappa shape index (κ3) is 4.26. The normalized spacial score (nSPS) is 15.1. The highest BCUT2D eigenvalue weighted by atomic mass is 35.5. The lowest BCUT2D eigenvalue weighted by molar-refractivity contribution is 0.0695. The number of aromatic nitrogens is 1. The van der Waals surface area contributed by atoms with E-state index in [9.17, 15) is 23.1 Å². The molecule has 0 spiro atoms. The van der Waals surface area contributed by atoms with Gasteiger partial charge in [0.05, 0.1) is 26.1 Å². The topological polar surface area (TPSA) is 99.9 Å². The number of sulfonamides is 1. The predicted molar refractivity (Wildman–Crippen MR) is 128 cm³/mol. The highest BCUT2D eigenvalue weighted by Crippen LogP contribution is 2.29. The molecule has 0 unspecified atom stereocenters. The monoisotopic (exact) mass is 527 g/mol. The lowest BCUT2D eigenvalue weighted by Crippen LogP contribution is -2.49. The molecule has 3 aromatic rings. The Morgan fingerprint density at radius 1 is 1.09 bits per heavy atom. The van der Waals surface area contributed by atoms with E-state index < -0.39 is 32.8 Å². The predicted octanol–water partition coefficient (Wildman–Crippen LogP) is 3.68. The van der Waals surface area contributed by atoms with E-state index in [-0.39, 0.29) is 52.2 Å². The molecule has 0 atom stereocenters. The van der Waals surface area contributed by atoms with Gasteiger partial charge in [-0.1, -0.05) is 23.2 Å². The maximum Gasteiger partial charge on any atom is 0.341 e. The maximum absolute atomic E-state index is 15.0.